The summed E-state index contributed by atoms with van der Waals surface area (Å²) in [4.78, 5) is 27.1. The van der Waals surface area contributed by atoms with E-state index in [9.17, 15) is 4.79 Å². The highest BCUT2D eigenvalue weighted by Crippen LogP contribution is 2.21. The Morgan fingerprint density at radius 3 is 2.91 bits per heavy atom. The van der Waals surface area contributed by atoms with Crippen LogP contribution in [0.25, 0.3) is 0 Å². The first-order chi connectivity index (χ1) is 10.6. The van der Waals surface area contributed by atoms with Gasteiger partial charge in [-0.25, -0.2) is 15.0 Å². The Hall–Kier alpha value is -2.34. The average Bonchev–Trinajstić information content (AvgIpc) is 2.54. The Kier molecular flexibility index (Phi) is 4.11. The molecule has 114 valence electrons. The molecule has 3 heterocycles. The van der Waals surface area contributed by atoms with Crippen molar-refractivity contribution in [3.8, 4) is 0 Å². The topological polar surface area (TPSA) is 68.2 Å². The van der Waals surface area contributed by atoms with Crippen LogP contribution in [0, 0.1) is 13.8 Å². The van der Waals surface area contributed by atoms with Crippen molar-refractivity contribution in [2.45, 2.75) is 20.0 Å². The molecule has 2 aromatic rings. The van der Waals surface area contributed by atoms with Gasteiger partial charge < -0.3 is 9.64 Å². The van der Waals surface area contributed by atoms with Crippen LogP contribution in [0.3, 0.4) is 0 Å². The van der Waals surface area contributed by atoms with E-state index in [0.29, 0.717) is 31.2 Å². The Bertz CT molecular complexity index is 689. The molecule has 1 fully saturated rings. The number of aromatic nitrogens is 3. The number of amides is 1. The molecule has 0 bridgehead atoms. The first kappa shape index (κ1) is 14.6. The molecule has 1 saturated heterocycles. The molecule has 6 heteroatoms. The van der Waals surface area contributed by atoms with Gasteiger partial charge in [0, 0.05) is 18.4 Å². The number of hydrogen-bond donors (Lipinski definition) is 0. The number of rotatable bonds is 2. The summed E-state index contributed by atoms with van der Waals surface area (Å²) in [7, 11) is 0. The van der Waals surface area contributed by atoms with Crippen LogP contribution in [0.5, 0.6) is 0 Å². The highest BCUT2D eigenvalue weighted by Gasteiger charge is 2.27. The van der Waals surface area contributed by atoms with Crippen LogP contribution < -0.4 is 0 Å². The zero-order chi connectivity index (χ0) is 15.5. The number of carbonyl (C=O) groups is 1. The van der Waals surface area contributed by atoms with Gasteiger partial charge in [-0.2, -0.15) is 0 Å². The number of pyridine rings is 1. The molecule has 0 unspecified atom stereocenters. The Morgan fingerprint density at radius 1 is 1.27 bits per heavy atom. The molecule has 0 saturated carbocycles. The lowest BCUT2D eigenvalue weighted by atomic mass is 10.2. The molecule has 2 aromatic heterocycles. The summed E-state index contributed by atoms with van der Waals surface area (Å²) >= 11 is 0. The molecule has 6 nitrogen and oxygen atoms in total. The van der Waals surface area contributed by atoms with E-state index in [0.717, 1.165) is 11.4 Å². The van der Waals surface area contributed by atoms with Crippen LogP contribution in [-0.4, -0.2) is 45.5 Å². The van der Waals surface area contributed by atoms with E-state index in [-0.39, 0.29) is 12.0 Å². The molecule has 22 heavy (non-hydrogen) atoms. The van der Waals surface area contributed by atoms with Gasteiger partial charge in [0.05, 0.1) is 18.8 Å². The maximum atomic E-state index is 12.6. The number of ether oxygens (including phenoxy) is 1. The number of aryl methyl sites for hydroxylation is 2. The van der Waals surface area contributed by atoms with E-state index < -0.39 is 0 Å². The van der Waals surface area contributed by atoms with E-state index in [2.05, 4.69) is 15.0 Å². The van der Waals surface area contributed by atoms with E-state index >= 15 is 0 Å². The van der Waals surface area contributed by atoms with Crippen molar-refractivity contribution in [3.63, 3.8) is 0 Å². The second-order valence-corrected chi connectivity index (χ2v) is 5.30. The van der Waals surface area contributed by atoms with Gasteiger partial charge in [0.25, 0.3) is 5.91 Å². The third-order valence-electron chi connectivity index (χ3n) is 3.59. The molecule has 0 aromatic carbocycles. The quantitative estimate of drug-likeness (QED) is 0.844. The molecule has 0 spiro atoms. The molecule has 1 atom stereocenters. The molecule has 1 aliphatic heterocycles. The van der Waals surface area contributed by atoms with Crippen LogP contribution in [0.1, 0.15) is 33.8 Å². The lowest BCUT2D eigenvalue weighted by Crippen LogP contribution is -2.42. The van der Waals surface area contributed by atoms with Gasteiger partial charge in [-0.15, -0.1) is 0 Å². The van der Waals surface area contributed by atoms with Gasteiger partial charge in [0.2, 0.25) is 0 Å². The summed E-state index contributed by atoms with van der Waals surface area (Å²) < 4.78 is 5.75. The fraction of sp³-hybridized carbons (Fsp3) is 0.375. The minimum absolute atomic E-state index is 0.0669. The van der Waals surface area contributed by atoms with Crippen molar-refractivity contribution >= 4 is 5.91 Å². The first-order valence-corrected chi connectivity index (χ1v) is 7.27. The van der Waals surface area contributed by atoms with Crippen LogP contribution >= 0.6 is 0 Å². The Balaban J connectivity index is 1.77. The van der Waals surface area contributed by atoms with Gasteiger partial charge in [-0.3, -0.25) is 4.79 Å². The summed E-state index contributed by atoms with van der Waals surface area (Å²) in [6.45, 7) is 5.25. The smallest absolute Gasteiger partial charge is 0.272 e. The standard InChI is InChI=1S/C16H18N4O2/c1-11-4-3-5-14(18-11)16(21)20-8-9-22-15(10-20)13-6-7-17-12(2)19-13/h3-7,15H,8-10H2,1-2H3/t15-/m0/s1. The van der Waals surface area contributed by atoms with E-state index in [1.807, 2.05) is 32.0 Å². The monoisotopic (exact) mass is 298 g/mol. The van der Waals surface area contributed by atoms with E-state index in [4.69, 9.17) is 4.74 Å². The van der Waals surface area contributed by atoms with Gasteiger partial charge >= 0.3 is 0 Å². The second-order valence-electron chi connectivity index (χ2n) is 5.30. The van der Waals surface area contributed by atoms with E-state index in [1.165, 1.54) is 0 Å². The third-order valence-corrected chi connectivity index (χ3v) is 3.59. The van der Waals surface area contributed by atoms with Crippen molar-refractivity contribution < 1.29 is 9.53 Å². The number of carbonyl (C=O) groups excluding carboxylic acids is 1. The van der Waals surface area contributed by atoms with Gasteiger partial charge in [0.1, 0.15) is 17.6 Å². The minimum atomic E-state index is -0.218. The van der Waals surface area contributed by atoms with Crippen LogP contribution in [0.15, 0.2) is 30.5 Å². The SMILES string of the molecule is Cc1cccc(C(=O)N2CCO[C@H](c3ccnc(C)n3)C2)n1. The van der Waals surface area contributed by atoms with Crippen molar-refractivity contribution in [1.82, 2.24) is 19.9 Å². The largest absolute Gasteiger partial charge is 0.368 e. The fourth-order valence-electron chi connectivity index (χ4n) is 2.49. The molecular weight excluding hydrogens is 280 g/mol. The highest BCUT2D eigenvalue weighted by atomic mass is 16.5. The van der Waals surface area contributed by atoms with E-state index in [1.54, 1.807) is 17.2 Å². The maximum Gasteiger partial charge on any atom is 0.272 e. The predicted octanol–water partition coefficient (Wildman–Crippen LogP) is 1.70. The average molecular weight is 298 g/mol. The summed E-state index contributed by atoms with van der Waals surface area (Å²) in [6.07, 6.45) is 1.49. The van der Waals surface area contributed by atoms with Crippen molar-refractivity contribution in [1.29, 1.82) is 0 Å². The summed E-state index contributed by atoms with van der Waals surface area (Å²) in [6, 6.07) is 7.30. The third kappa shape index (κ3) is 3.12. The highest BCUT2D eigenvalue weighted by molar-refractivity contribution is 5.92. The van der Waals surface area contributed by atoms with Crippen LogP contribution in [0.4, 0.5) is 0 Å². The maximum absolute atomic E-state index is 12.6. The molecule has 0 aliphatic carbocycles. The second kappa shape index (κ2) is 6.19. The fourth-order valence-corrected chi connectivity index (χ4v) is 2.49. The molecule has 1 aliphatic rings. The zero-order valence-corrected chi connectivity index (χ0v) is 12.7. The van der Waals surface area contributed by atoms with Crippen LogP contribution in [-0.2, 0) is 4.74 Å². The number of hydrogen-bond acceptors (Lipinski definition) is 5. The van der Waals surface area contributed by atoms with Crippen molar-refractivity contribution in [3.05, 3.63) is 53.4 Å². The molecule has 3 rings (SSSR count). The lowest BCUT2D eigenvalue weighted by Gasteiger charge is -2.32. The van der Waals surface area contributed by atoms with Crippen molar-refractivity contribution in [2.75, 3.05) is 19.7 Å². The summed E-state index contributed by atoms with van der Waals surface area (Å²) in [5.41, 5.74) is 2.11. The predicted molar refractivity (Wildman–Crippen MR) is 80.3 cm³/mol. The molecule has 1 amide bonds. The summed E-state index contributed by atoms with van der Waals surface area (Å²) in [5.74, 6) is 0.632. The van der Waals surface area contributed by atoms with Crippen LogP contribution in [0.2, 0.25) is 0 Å². The van der Waals surface area contributed by atoms with Gasteiger partial charge in [-0.05, 0) is 32.0 Å². The zero-order valence-electron chi connectivity index (χ0n) is 12.7. The number of nitrogens with zero attached hydrogens (tertiary/aromatic N) is 4. The number of morpholine rings is 1. The van der Waals surface area contributed by atoms with Crippen molar-refractivity contribution in [2.24, 2.45) is 0 Å². The van der Waals surface area contributed by atoms with Gasteiger partial charge in [-0.1, -0.05) is 6.07 Å². The first-order valence-electron chi connectivity index (χ1n) is 7.27. The van der Waals surface area contributed by atoms with Gasteiger partial charge in [0.15, 0.2) is 0 Å². The normalized spacial score (nSPS) is 18.3. The molecule has 0 N–H and O–H groups in total. The molecular formula is C16H18N4O2. The summed E-state index contributed by atoms with van der Waals surface area (Å²) in [5, 5.41) is 0. The molecule has 0 radical (unpaired) electrons. The lowest BCUT2D eigenvalue weighted by molar-refractivity contribution is -0.0250. The minimum Gasteiger partial charge on any atom is -0.368 e. The Labute approximate surface area is 129 Å². The Morgan fingerprint density at radius 2 is 2.14 bits per heavy atom.